The van der Waals surface area contributed by atoms with Gasteiger partial charge in [0.05, 0.1) is 11.4 Å². The molecule has 2 N–H and O–H groups in total. The van der Waals surface area contributed by atoms with Gasteiger partial charge in [-0.15, -0.1) is 0 Å². The first-order valence-electron chi connectivity index (χ1n) is 6.25. The predicted molar refractivity (Wildman–Crippen MR) is 77.8 cm³/mol. The van der Waals surface area contributed by atoms with Gasteiger partial charge in [-0.25, -0.2) is 17.2 Å². The Balaban J connectivity index is 2.41. The Hall–Kier alpha value is -2.15. The highest BCUT2D eigenvalue weighted by Crippen LogP contribution is 2.25. The van der Waals surface area contributed by atoms with Crippen molar-refractivity contribution in [2.24, 2.45) is 0 Å². The van der Waals surface area contributed by atoms with Gasteiger partial charge in [-0.05, 0) is 31.2 Å². The lowest BCUT2D eigenvalue weighted by Crippen LogP contribution is -2.16. The van der Waals surface area contributed by atoms with Crippen LogP contribution in [0.4, 0.5) is 20.2 Å². The summed E-state index contributed by atoms with van der Waals surface area (Å²) in [7, 11) is -4.02. The zero-order chi connectivity index (χ0) is 15.5. The maximum absolute atomic E-state index is 13.6. The summed E-state index contributed by atoms with van der Waals surface area (Å²) in [5, 5.41) is 2.91. The van der Waals surface area contributed by atoms with E-state index in [4.69, 9.17) is 0 Å². The quantitative estimate of drug-likeness (QED) is 0.891. The van der Waals surface area contributed by atoms with Gasteiger partial charge in [-0.2, -0.15) is 0 Å². The fourth-order valence-corrected chi connectivity index (χ4v) is 3.06. The minimum Gasteiger partial charge on any atom is -0.384 e. The number of para-hydroxylation sites is 1. The van der Waals surface area contributed by atoms with Crippen molar-refractivity contribution < 1.29 is 17.2 Å². The molecule has 4 nitrogen and oxygen atoms in total. The monoisotopic (exact) mass is 312 g/mol. The van der Waals surface area contributed by atoms with Crippen molar-refractivity contribution in [2.75, 3.05) is 16.6 Å². The third-order valence-electron chi connectivity index (χ3n) is 2.72. The summed E-state index contributed by atoms with van der Waals surface area (Å²) in [6, 6.07) is 8.79. The highest BCUT2D eigenvalue weighted by Gasteiger charge is 2.20. The normalized spacial score (nSPS) is 11.2. The van der Waals surface area contributed by atoms with Crippen molar-refractivity contribution in [1.82, 2.24) is 0 Å². The lowest BCUT2D eigenvalue weighted by molar-refractivity contribution is 0.594. The SMILES string of the molecule is CCNc1ccccc1S(=O)(=O)Nc1cc(F)ccc1F. The molecular formula is C14H14F2N2O2S. The van der Waals surface area contributed by atoms with Crippen LogP contribution < -0.4 is 10.0 Å². The van der Waals surface area contributed by atoms with Gasteiger partial charge in [0.2, 0.25) is 0 Å². The summed E-state index contributed by atoms with van der Waals surface area (Å²) >= 11 is 0. The first-order valence-corrected chi connectivity index (χ1v) is 7.73. The van der Waals surface area contributed by atoms with Crippen LogP contribution in [0.1, 0.15) is 6.92 Å². The molecule has 2 rings (SSSR count). The van der Waals surface area contributed by atoms with Gasteiger partial charge in [0, 0.05) is 12.6 Å². The number of nitrogens with one attached hydrogen (secondary N) is 2. The Bertz CT molecular complexity index is 748. The molecule has 0 radical (unpaired) electrons. The lowest BCUT2D eigenvalue weighted by Gasteiger charge is -2.13. The minimum absolute atomic E-state index is 0.0319. The van der Waals surface area contributed by atoms with Crippen molar-refractivity contribution >= 4 is 21.4 Å². The van der Waals surface area contributed by atoms with Crippen molar-refractivity contribution in [3.63, 3.8) is 0 Å². The molecule has 0 bridgehead atoms. The smallest absolute Gasteiger partial charge is 0.264 e. The summed E-state index contributed by atoms with van der Waals surface area (Å²) in [5.74, 6) is -1.57. The summed E-state index contributed by atoms with van der Waals surface area (Å²) in [4.78, 5) is -0.0319. The highest BCUT2D eigenvalue weighted by atomic mass is 32.2. The highest BCUT2D eigenvalue weighted by molar-refractivity contribution is 7.92. The number of anilines is 2. The molecular weight excluding hydrogens is 298 g/mol. The minimum atomic E-state index is -4.02. The maximum atomic E-state index is 13.6. The summed E-state index contributed by atoms with van der Waals surface area (Å²) in [5.41, 5.74) is -0.0365. The standard InChI is InChI=1S/C14H14F2N2O2S/c1-2-17-12-5-3-4-6-14(12)21(19,20)18-13-9-10(15)7-8-11(13)16/h3-9,17-18H,2H2,1H3. The third kappa shape index (κ3) is 3.49. The van der Waals surface area contributed by atoms with Crippen LogP contribution in [0.3, 0.4) is 0 Å². The summed E-state index contributed by atoms with van der Waals surface area (Å²) < 4.78 is 53.4. The molecule has 0 aliphatic carbocycles. The molecule has 0 saturated heterocycles. The van der Waals surface area contributed by atoms with Crippen LogP contribution in [0.5, 0.6) is 0 Å². The van der Waals surface area contributed by atoms with E-state index in [0.717, 1.165) is 18.2 Å². The molecule has 0 unspecified atom stereocenters. The maximum Gasteiger partial charge on any atom is 0.264 e. The van der Waals surface area contributed by atoms with Crippen LogP contribution in [0.15, 0.2) is 47.4 Å². The molecule has 0 saturated carbocycles. The Kier molecular flexibility index (Phi) is 4.42. The molecule has 112 valence electrons. The van der Waals surface area contributed by atoms with E-state index < -0.39 is 27.3 Å². The largest absolute Gasteiger partial charge is 0.384 e. The second-order valence-corrected chi connectivity index (χ2v) is 5.91. The van der Waals surface area contributed by atoms with E-state index in [1.54, 1.807) is 18.2 Å². The van der Waals surface area contributed by atoms with E-state index in [1.807, 2.05) is 6.92 Å². The van der Waals surface area contributed by atoms with E-state index in [-0.39, 0.29) is 4.90 Å². The van der Waals surface area contributed by atoms with Crippen LogP contribution in [0, 0.1) is 11.6 Å². The molecule has 2 aromatic rings. The Morgan fingerprint density at radius 2 is 1.76 bits per heavy atom. The van der Waals surface area contributed by atoms with Crippen LogP contribution in [-0.2, 0) is 10.0 Å². The van der Waals surface area contributed by atoms with Crippen LogP contribution in [-0.4, -0.2) is 15.0 Å². The van der Waals surface area contributed by atoms with Gasteiger partial charge >= 0.3 is 0 Å². The van der Waals surface area contributed by atoms with Crippen LogP contribution >= 0.6 is 0 Å². The van der Waals surface area contributed by atoms with Crippen molar-refractivity contribution in [3.05, 3.63) is 54.1 Å². The Morgan fingerprint density at radius 3 is 2.48 bits per heavy atom. The number of rotatable bonds is 5. The van der Waals surface area contributed by atoms with Crippen LogP contribution in [0.25, 0.3) is 0 Å². The van der Waals surface area contributed by atoms with Gasteiger partial charge < -0.3 is 5.32 Å². The third-order valence-corrected chi connectivity index (χ3v) is 4.14. The van der Waals surface area contributed by atoms with E-state index in [0.29, 0.717) is 12.2 Å². The second-order valence-electron chi connectivity index (χ2n) is 4.26. The van der Waals surface area contributed by atoms with E-state index >= 15 is 0 Å². The molecule has 21 heavy (non-hydrogen) atoms. The zero-order valence-electron chi connectivity index (χ0n) is 11.2. The molecule has 0 amide bonds. The summed E-state index contributed by atoms with van der Waals surface area (Å²) in [6.07, 6.45) is 0. The molecule has 0 heterocycles. The second kappa shape index (κ2) is 6.09. The molecule has 0 spiro atoms. The molecule has 0 aromatic heterocycles. The predicted octanol–water partition coefficient (Wildman–Crippen LogP) is 3.20. The fourth-order valence-electron chi connectivity index (χ4n) is 1.81. The number of halogens is 2. The fraction of sp³-hybridized carbons (Fsp3) is 0.143. The average Bonchev–Trinajstić information content (AvgIpc) is 2.43. The Morgan fingerprint density at radius 1 is 1.05 bits per heavy atom. The number of hydrogen-bond donors (Lipinski definition) is 2. The van der Waals surface area contributed by atoms with Crippen LogP contribution in [0.2, 0.25) is 0 Å². The first-order chi connectivity index (χ1) is 9.94. The summed E-state index contributed by atoms with van der Waals surface area (Å²) in [6.45, 7) is 2.35. The number of benzene rings is 2. The number of hydrogen-bond acceptors (Lipinski definition) is 3. The van der Waals surface area contributed by atoms with E-state index in [1.165, 1.54) is 6.07 Å². The molecule has 0 fully saturated rings. The van der Waals surface area contributed by atoms with Gasteiger partial charge in [-0.1, -0.05) is 12.1 Å². The zero-order valence-corrected chi connectivity index (χ0v) is 12.0. The molecule has 7 heteroatoms. The number of sulfonamides is 1. The van der Waals surface area contributed by atoms with Crippen molar-refractivity contribution in [3.8, 4) is 0 Å². The topological polar surface area (TPSA) is 58.2 Å². The van der Waals surface area contributed by atoms with Crippen molar-refractivity contribution in [1.29, 1.82) is 0 Å². The van der Waals surface area contributed by atoms with Gasteiger partial charge in [0.25, 0.3) is 10.0 Å². The van der Waals surface area contributed by atoms with E-state index in [2.05, 4.69) is 10.0 Å². The molecule has 2 aromatic carbocycles. The molecule has 0 aliphatic heterocycles. The van der Waals surface area contributed by atoms with Gasteiger partial charge in [-0.3, -0.25) is 4.72 Å². The molecule has 0 aliphatic rings. The molecule has 0 atom stereocenters. The Labute approximate surface area is 121 Å². The van der Waals surface area contributed by atoms with Gasteiger partial charge in [0.1, 0.15) is 16.5 Å². The van der Waals surface area contributed by atoms with Crippen molar-refractivity contribution in [2.45, 2.75) is 11.8 Å². The van der Waals surface area contributed by atoms with E-state index in [9.17, 15) is 17.2 Å². The first kappa shape index (κ1) is 15.2. The average molecular weight is 312 g/mol. The lowest BCUT2D eigenvalue weighted by atomic mass is 10.3. The van der Waals surface area contributed by atoms with Gasteiger partial charge in [0.15, 0.2) is 0 Å².